The molecule has 2 aliphatic heterocycles. The van der Waals surface area contributed by atoms with Gasteiger partial charge < -0.3 is 10.6 Å². The Morgan fingerprint density at radius 1 is 1.39 bits per heavy atom. The molecule has 2 fully saturated rings. The van der Waals surface area contributed by atoms with Crippen LogP contribution in [0.1, 0.15) is 19.8 Å². The lowest BCUT2D eigenvalue weighted by atomic mass is 10.1. The molecule has 0 amide bonds. The normalized spacial score (nSPS) is 28.4. The summed E-state index contributed by atoms with van der Waals surface area (Å²) in [5.41, 5.74) is 5.84. The first-order valence-electron chi connectivity index (χ1n) is 6.43. The summed E-state index contributed by atoms with van der Waals surface area (Å²) in [4.78, 5) is 13.4. The van der Waals surface area contributed by atoms with Crippen LogP contribution in [0.2, 0.25) is 0 Å². The van der Waals surface area contributed by atoms with Gasteiger partial charge in [-0.25, -0.2) is 9.97 Å². The average molecular weight is 312 g/mol. The summed E-state index contributed by atoms with van der Waals surface area (Å²) in [5, 5.41) is 0. The van der Waals surface area contributed by atoms with E-state index in [0.29, 0.717) is 17.9 Å². The van der Waals surface area contributed by atoms with Crippen molar-refractivity contribution in [2.75, 3.05) is 30.3 Å². The third-order valence-corrected chi connectivity index (χ3v) is 4.77. The van der Waals surface area contributed by atoms with Crippen LogP contribution in [0.4, 0.5) is 11.6 Å². The lowest BCUT2D eigenvalue weighted by molar-refractivity contribution is 0.202. The molecule has 3 heterocycles. The topological polar surface area (TPSA) is 58.3 Å². The van der Waals surface area contributed by atoms with Crippen LogP contribution in [-0.2, 0) is 0 Å². The molecule has 0 aliphatic carbocycles. The fourth-order valence-corrected chi connectivity index (χ4v) is 3.49. The minimum atomic E-state index is 0.463. The number of piperazine rings is 1. The van der Waals surface area contributed by atoms with E-state index in [0.717, 1.165) is 23.4 Å². The molecule has 0 radical (unpaired) electrons. The van der Waals surface area contributed by atoms with Gasteiger partial charge in [0.15, 0.2) is 0 Å². The summed E-state index contributed by atoms with van der Waals surface area (Å²) in [6.07, 6.45) is 4.16. The molecule has 2 unspecified atom stereocenters. The molecule has 3 rings (SSSR count). The average Bonchev–Trinajstić information content (AvgIpc) is 2.79. The molecule has 0 saturated carbocycles. The molecule has 1 aromatic heterocycles. The molecule has 0 spiro atoms. The third-order valence-electron chi connectivity index (χ3n) is 4.01. The maximum Gasteiger partial charge on any atom is 0.148 e. The second-order valence-electron chi connectivity index (χ2n) is 5.19. The van der Waals surface area contributed by atoms with Crippen molar-refractivity contribution in [3.63, 3.8) is 0 Å². The Hall–Kier alpha value is -0.880. The van der Waals surface area contributed by atoms with Gasteiger partial charge >= 0.3 is 0 Å². The van der Waals surface area contributed by atoms with Crippen molar-refractivity contribution in [2.24, 2.45) is 0 Å². The van der Waals surface area contributed by atoms with Gasteiger partial charge in [-0.05, 0) is 42.2 Å². The third kappa shape index (κ3) is 1.97. The standard InChI is InChI=1S/C12H18BrN5/c1-8-5-17-4-2-3-9(17)6-18(8)12-10(13)11(14)15-7-16-12/h7-9H,2-6H2,1H3,(H2,14,15,16). The molecule has 2 N–H and O–H groups in total. The fraction of sp³-hybridized carbons (Fsp3) is 0.667. The summed E-state index contributed by atoms with van der Waals surface area (Å²) >= 11 is 3.51. The zero-order chi connectivity index (χ0) is 12.7. The monoisotopic (exact) mass is 311 g/mol. The van der Waals surface area contributed by atoms with E-state index in [1.807, 2.05) is 0 Å². The molecule has 2 aliphatic rings. The van der Waals surface area contributed by atoms with E-state index >= 15 is 0 Å². The molecule has 0 aromatic carbocycles. The Balaban J connectivity index is 1.89. The molecule has 18 heavy (non-hydrogen) atoms. The number of aromatic nitrogens is 2. The quantitative estimate of drug-likeness (QED) is 0.851. The number of hydrogen-bond donors (Lipinski definition) is 1. The van der Waals surface area contributed by atoms with Crippen LogP contribution in [0.5, 0.6) is 0 Å². The van der Waals surface area contributed by atoms with Gasteiger partial charge in [0.1, 0.15) is 22.4 Å². The summed E-state index contributed by atoms with van der Waals surface area (Å²) in [5.74, 6) is 1.45. The first kappa shape index (κ1) is 12.2. The predicted octanol–water partition coefficient (Wildman–Crippen LogP) is 1.49. The second-order valence-corrected chi connectivity index (χ2v) is 5.98. The first-order chi connectivity index (χ1) is 8.66. The molecule has 6 heteroatoms. The molecule has 2 atom stereocenters. The first-order valence-corrected chi connectivity index (χ1v) is 7.23. The Kier molecular flexibility index (Phi) is 3.15. The number of hydrogen-bond acceptors (Lipinski definition) is 5. The van der Waals surface area contributed by atoms with Crippen LogP contribution in [-0.4, -0.2) is 46.6 Å². The molecule has 98 valence electrons. The van der Waals surface area contributed by atoms with Gasteiger partial charge in [-0.1, -0.05) is 0 Å². The largest absolute Gasteiger partial charge is 0.383 e. The molecular weight excluding hydrogens is 294 g/mol. The van der Waals surface area contributed by atoms with E-state index in [1.165, 1.54) is 19.4 Å². The van der Waals surface area contributed by atoms with Crippen LogP contribution in [0.3, 0.4) is 0 Å². The van der Waals surface area contributed by atoms with Crippen molar-refractivity contribution < 1.29 is 0 Å². The van der Waals surface area contributed by atoms with Crippen molar-refractivity contribution in [3.8, 4) is 0 Å². The van der Waals surface area contributed by atoms with Crippen molar-refractivity contribution >= 4 is 27.6 Å². The van der Waals surface area contributed by atoms with Crippen LogP contribution in [0.25, 0.3) is 0 Å². The number of fused-ring (bicyclic) bond motifs is 1. The van der Waals surface area contributed by atoms with Gasteiger partial charge in [0.2, 0.25) is 0 Å². The number of nitrogen functional groups attached to an aromatic ring is 1. The SMILES string of the molecule is CC1CN2CCCC2CN1c1ncnc(N)c1Br. The van der Waals surface area contributed by atoms with Crippen molar-refractivity contribution in [2.45, 2.75) is 31.8 Å². The summed E-state index contributed by atoms with van der Waals surface area (Å²) in [7, 11) is 0. The highest BCUT2D eigenvalue weighted by Gasteiger charge is 2.35. The van der Waals surface area contributed by atoms with Gasteiger partial charge in [-0.3, -0.25) is 4.90 Å². The van der Waals surface area contributed by atoms with Crippen LogP contribution < -0.4 is 10.6 Å². The number of halogens is 1. The van der Waals surface area contributed by atoms with Gasteiger partial charge in [0, 0.05) is 25.2 Å². The number of rotatable bonds is 1. The molecule has 0 bridgehead atoms. The zero-order valence-corrected chi connectivity index (χ0v) is 12.1. The highest BCUT2D eigenvalue weighted by atomic mass is 79.9. The van der Waals surface area contributed by atoms with E-state index in [1.54, 1.807) is 6.33 Å². The van der Waals surface area contributed by atoms with Gasteiger partial charge in [0.05, 0.1) is 0 Å². The lowest BCUT2D eigenvalue weighted by Gasteiger charge is -2.43. The van der Waals surface area contributed by atoms with E-state index in [-0.39, 0.29) is 0 Å². The van der Waals surface area contributed by atoms with Crippen LogP contribution in [0.15, 0.2) is 10.8 Å². The minimum Gasteiger partial charge on any atom is -0.383 e. The Labute approximate surface area is 116 Å². The zero-order valence-electron chi connectivity index (χ0n) is 10.5. The van der Waals surface area contributed by atoms with Crippen molar-refractivity contribution in [1.29, 1.82) is 0 Å². The van der Waals surface area contributed by atoms with Crippen molar-refractivity contribution in [1.82, 2.24) is 14.9 Å². The van der Waals surface area contributed by atoms with E-state index < -0.39 is 0 Å². The predicted molar refractivity (Wildman–Crippen MR) is 75.5 cm³/mol. The summed E-state index contributed by atoms with van der Waals surface area (Å²) < 4.78 is 0.822. The fourth-order valence-electron chi connectivity index (χ4n) is 3.06. The lowest BCUT2D eigenvalue weighted by Crippen LogP contribution is -2.55. The number of nitrogens with two attached hydrogens (primary N) is 1. The Morgan fingerprint density at radius 2 is 2.22 bits per heavy atom. The Morgan fingerprint density at radius 3 is 3.06 bits per heavy atom. The highest BCUT2D eigenvalue weighted by Crippen LogP contribution is 2.33. The van der Waals surface area contributed by atoms with Crippen LogP contribution in [0, 0.1) is 0 Å². The van der Waals surface area contributed by atoms with E-state index in [2.05, 4.69) is 42.6 Å². The highest BCUT2D eigenvalue weighted by molar-refractivity contribution is 9.10. The summed E-state index contributed by atoms with van der Waals surface area (Å²) in [6.45, 7) is 5.65. The summed E-state index contributed by atoms with van der Waals surface area (Å²) in [6, 6.07) is 1.13. The maximum atomic E-state index is 5.84. The number of nitrogens with zero attached hydrogens (tertiary/aromatic N) is 4. The van der Waals surface area contributed by atoms with E-state index in [4.69, 9.17) is 5.73 Å². The van der Waals surface area contributed by atoms with Crippen LogP contribution >= 0.6 is 15.9 Å². The molecule has 5 nitrogen and oxygen atoms in total. The Bertz CT molecular complexity index is 452. The molecular formula is C12H18BrN5. The van der Waals surface area contributed by atoms with Crippen molar-refractivity contribution in [3.05, 3.63) is 10.8 Å². The second kappa shape index (κ2) is 4.66. The van der Waals surface area contributed by atoms with E-state index in [9.17, 15) is 0 Å². The molecule has 1 aromatic rings. The molecule has 2 saturated heterocycles. The maximum absolute atomic E-state index is 5.84. The van der Waals surface area contributed by atoms with Gasteiger partial charge in [-0.2, -0.15) is 0 Å². The van der Waals surface area contributed by atoms with Gasteiger partial charge in [-0.15, -0.1) is 0 Å². The number of anilines is 2. The van der Waals surface area contributed by atoms with Gasteiger partial charge in [0.25, 0.3) is 0 Å². The smallest absolute Gasteiger partial charge is 0.148 e. The minimum absolute atomic E-state index is 0.463.